The molecule has 0 amide bonds. The normalized spacial score (nSPS) is 12.1. The van der Waals surface area contributed by atoms with Gasteiger partial charge in [-0.3, -0.25) is 4.98 Å². The predicted octanol–water partition coefficient (Wildman–Crippen LogP) is 10.1. The number of hydrogen-bond donors (Lipinski definition) is 0. The minimum absolute atomic E-state index is 0.696. The molecule has 1 aliphatic heterocycles. The number of rotatable bonds is 3. The van der Waals surface area contributed by atoms with Crippen molar-refractivity contribution in [3.05, 3.63) is 146 Å². The molecular weight excluding hydrogens is 524 g/mol. The summed E-state index contributed by atoms with van der Waals surface area (Å²) in [6.45, 7) is 0. The Morgan fingerprint density at radius 3 is 2.12 bits per heavy atom. The molecule has 0 saturated carbocycles. The fraction of sp³-hybridized carbons (Fsp3) is 0. The van der Waals surface area contributed by atoms with E-state index in [2.05, 4.69) is 113 Å². The fourth-order valence-corrected chi connectivity index (χ4v) is 6.46. The molecule has 0 unspecified atom stereocenters. The third kappa shape index (κ3) is 3.74. The molecule has 4 heteroatoms. The first kappa shape index (κ1) is 23.8. The van der Waals surface area contributed by atoms with Crippen LogP contribution in [0.3, 0.4) is 0 Å². The van der Waals surface area contributed by atoms with E-state index in [0.29, 0.717) is 5.82 Å². The number of fused-ring (bicyclic) bond motifs is 4. The van der Waals surface area contributed by atoms with E-state index in [9.17, 15) is 0 Å². The second-order valence-corrected chi connectivity index (χ2v) is 10.9. The van der Waals surface area contributed by atoms with Gasteiger partial charge < -0.3 is 4.90 Å². The lowest BCUT2D eigenvalue weighted by Crippen LogP contribution is -2.15. The number of benzene rings is 6. The van der Waals surface area contributed by atoms with E-state index in [0.717, 1.165) is 33.4 Å². The van der Waals surface area contributed by atoms with E-state index < -0.39 is 0 Å². The average molecular weight is 549 g/mol. The van der Waals surface area contributed by atoms with Crippen molar-refractivity contribution in [3.63, 3.8) is 0 Å². The van der Waals surface area contributed by atoms with Crippen molar-refractivity contribution in [1.29, 1.82) is 0 Å². The third-order valence-corrected chi connectivity index (χ3v) is 8.44. The minimum atomic E-state index is 0.696. The monoisotopic (exact) mass is 548 g/mol. The molecule has 8 aromatic rings. The standard InChI is InChI=1S/C39H24N4/c1-2-9-28-23-36-33(22-27(28)8-1)31-14-5-10-25-11-6-16-35(37(25)31)43(36)30-19-17-26(18-20-30)39-41-34-15-4-3-13-32(34)38(42-39)29-12-7-21-40-24-29/h1-24H. The SMILES string of the molecule is c1cncc(-c2nc(-c3ccc(N4c5cc6ccccc6cc5-c5cccc6cccc4c56)cc3)nc3ccccc23)c1. The van der Waals surface area contributed by atoms with Gasteiger partial charge in [0.1, 0.15) is 0 Å². The molecular formula is C39H24N4. The highest BCUT2D eigenvalue weighted by molar-refractivity contribution is 6.15. The van der Waals surface area contributed by atoms with E-state index in [1.807, 2.05) is 36.5 Å². The van der Waals surface area contributed by atoms with Gasteiger partial charge in [-0.25, -0.2) is 9.97 Å². The quantitative estimate of drug-likeness (QED) is 0.220. The van der Waals surface area contributed by atoms with Crippen molar-refractivity contribution in [2.45, 2.75) is 0 Å². The zero-order valence-electron chi connectivity index (χ0n) is 23.1. The maximum absolute atomic E-state index is 5.05. The molecule has 43 heavy (non-hydrogen) atoms. The average Bonchev–Trinajstić information content (AvgIpc) is 3.08. The van der Waals surface area contributed by atoms with Crippen molar-refractivity contribution in [2.24, 2.45) is 0 Å². The molecule has 2 aromatic heterocycles. The maximum atomic E-state index is 5.05. The second-order valence-electron chi connectivity index (χ2n) is 10.9. The molecule has 1 aliphatic rings. The van der Waals surface area contributed by atoms with Crippen LogP contribution in [0.1, 0.15) is 0 Å². The molecule has 200 valence electrons. The lowest BCUT2D eigenvalue weighted by atomic mass is 9.89. The number of aromatic nitrogens is 3. The van der Waals surface area contributed by atoms with E-state index >= 15 is 0 Å². The van der Waals surface area contributed by atoms with Crippen molar-refractivity contribution < 1.29 is 0 Å². The fourth-order valence-electron chi connectivity index (χ4n) is 6.46. The van der Waals surface area contributed by atoms with Gasteiger partial charge in [-0.15, -0.1) is 0 Å². The molecule has 0 spiro atoms. The number of pyridine rings is 1. The van der Waals surface area contributed by atoms with E-state index in [-0.39, 0.29) is 0 Å². The second kappa shape index (κ2) is 9.33. The number of anilines is 3. The summed E-state index contributed by atoms with van der Waals surface area (Å²) in [5.41, 5.74) is 9.71. The van der Waals surface area contributed by atoms with Crippen LogP contribution >= 0.6 is 0 Å². The van der Waals surface area contributed by atoms with Gasteiger partial charge in [0.2, 0.25) is 0 Å². The largest absolute Gasteiger partial charge is 0.309 e. The first-order valence-corrected chi connectivity index (χ1v) is 14.4. The van der Waals surface area contributed by atoms with Crippen LogP contribution in [0.4, 0.5) is 17.1 Å². The van der Waals surface area contributed by atoms with Gasteiger partial charge >= 0.3 is 0 Å². The summed E-state index contributed by atoms with van der Waals surface area (Å²) in [5, 5.41) is 5.99. The van der Waals surface area contributed by atoms with Gasteiger partial charge in [-0.1, -0.05) is 72.8 Å². The summed E-state index contributed by atoms with van der Waals surface area (Å²) in [4.78, 5) is 16.7. The highest BCUT2D eigenvalue weighted by Crippen LogP contribution is 2.51. The Morgan fingerprint density at radius 1 is 0.512 bits per heavy atom. The number of nitrogens with zero attached hydrogens (tertiary/aromatic N) is 4. The molecule has 4 nitrogen and oxygen atoms in total. The lowest BCUT2D eigenvalue weighted by Gasteiger charge is -2.34. The molecule has 0 aliphatic carbocycles. The maximum Gasteiger partial charge on any atom is 0.160 e. The Morgan fingerprint density at radius 2 is 1.28 bits per heavy atom. The molecule has 0 saturated heterocycles. The summed E-state index contributed by atoms with van der Waals surface area (Å²) in [6, 6.07) is 47.2. The van der Waals surface area contributed by atoms with Crippen LogP contribution in [0.2, 0.25) is 0 Å². The Hall–Kier alpha value is -5.87. The Kier molecular flexibility index (Phi) is 5.16. The van der Waals surface area contributed by atoms with Crippen LogP contribution in [0.5, 0.6) is 0 Å². The van der Waals surface area contributed by atoms with Crippen LogP contribution in [0, 0.1) is 0 Å². The topological polar surface area (TPSA) is 41.9 Å². The van der Waals surface area contributed by atoms with E-state index in [1.54, 1.807) is 6.20 Å². The van der Waals surface area contributed by atoms with Gasteiger partial charge in [0.05, 0.1) is 22.6 Å². The van der Waals surface area contributed by atoms with Crippen molar-refractivity contribution in [1.82, 2.24) is 15.0 Å². The Balaban J connectivity index is 1.22. The number of para-hydroxylation sites is 1. The number of hydrogen-bond acceptors (Lipinski definition) is 4. The molecule has 0 N–H and O–H groups in total. The van der Waals surface area contributed by atoms with Gasteiger partial charge in [0.15, 0.2) is 5.82 Å². The minimum Gasteiger partial charge on any atom is -0.309 e. The summed E-state index contributed by atoms with van der Waals surface area (Å²) in [5.74, 6) is 0.696. The Bertz CT molecular complexity index is 2340. The lowest BCUT2D eigenvalue weighted by molar-refractivity contribution is 1.22. The molecule has 0 radical (unpaired) electrons. The van der Waals surface area contributed by atoms with E-state index in [4.69, 9.17) is 9.97 Å². The predicted molar refractivity (Wildman–Crippen MR) is 177 cm³/mol. The molecule has 3 heterocycles. The molecule has 0 fully saturated rings. The first-order chi connectivity index (χ1) is 21.3. The smallest absolute Gasteiger partial charge is 0.160 e. The zero-order valence-corrected chi connectivity index (χ0v) is 23.1. The van der Waals surface area contributed by atoms with Crippen LogP contribution in [-0.4, -0.2) is 15.0 Å². The highest BCUT2D eigenvalue weighted by Gasteiger charge is 2.26. The van der Waals surface area contributed by atoms with Crippen LogP contribution < -0.4 is 4.90 Å². The van der Waals surface area contributed by atoms with Crippen molar-refractivity contribution in [3.8, 4) is 33.8 Å². The third-order valence-electron chi connectivity index (χ3n) is 8.44. The Labute approximate surface area is 248 Å². The van der Waals surface area contributed by atoms with Crippen molar-refractivity contribution in [2.75, 3.05) is 4.90 Å². The molecule has 0 atom stereocenters. The van der Waals surface area contributed by atoms with Gasteiger partial charge in [-0.05, 0) is 82.4 Å². The van der Waals surface area contributed by atoms with Crippen LogP contribution in [-0.2, 0) is 0 Å². The molecule has 0 bridgehead atoms. The zero-order chi connectivity index (χ0) is 28.3. The molecule has 6 aromatic carbocycles. The summed E-state index contributed by atoms with van der Waals surface area (Å²) in [6.07, 6.45) is 3.64. The van der Waals surface area contributed by atoms with E-state index in [1.165, 1.54) is 44.0 Å². The summed E-state index contributed by atoms with van der Waals surface area (Å²) < 4.78 is 0. The van der Waals surface area contributed by atoms with Gasteiger partial charge in [0, 0.05) is 45.5 Å². The highest BCUT2D eigenvalue weighted by atomic mass is 15.2. The molecule has 9 rings (SSSR count). The summed E-state index contributed by atoms with van der Waals surface area (Å²) >= 11 is 0. The van der Waals surface area contributed by atoms with Crippen molar-refractivity contribution >= 4 is 49.5 Å². The van der Waals surface area contributed by atoms with Crippen LogP contribution in [0.15, 0.2) is 146 Å². The summed E-state index contributed by atoms with van der Waals surface area (Å²) in [7, 11) is 0. The first-order valence-electron chi connectivity index (χ1n) is 14.4. The van der Waals surface area contributed by atoms with Gasteiger partial charge in [-0.2, -0.15) is 0 Å². The van der Waals surface area contributed by atoms with Gasteiger partial charge in [0.25, 0.3) is 0 Å². The van der Waals surface area contributed by atoms with Crippen LogP contribution in [0.25, 0.3) is 66.2 Å².